The molecular formula is C19H26N2O6. The lowest BCUT2D eigenvalue weighted by Crippen LogP contribution is -2.35. The second-order valence-electron chi connectivity index (χ2n) is 6.06. The minimum Gasteiger partial charge on any atom is -0.493 e. The van der Waals surface area contributed by atoms with Crippen molar-refractivity contribution in [2.45, 2.75) is 32.8 Å². The van der Waals surface area contributed by atoms with Crippen LogP contribution < -0.4 is 19.5 Å². The minimum atomic E-state index is -0.873. The smallest absolute Gasteiger partial charge is 0.220 e. The highest BCUT2D eigenvalue weighted by Gasteiger charge is 2.15. The standard InChI is InChI=1S/C19H26N2O6/c1-12-15(13(2)27-21-12)8-9-18(23)20-10-14(22)11-26-19-16(24-3)6-5-7-17(19)25-4/h5-7,14,22H,8-11H2,1-4H3,(H,20,23). The molecule has 27 heavy (non-hydrogen) atoms. The van der Waals surface area contributed by atoms with Gasteiger partial charge < -0.3 is 29.2 Å². The highest BCUT2D eigenvalue weighted by atomic mass is 16.5. The van der Waals surface area contributed by atoms with E-state index in [0.29, 0.717) is 23.7 Å². The number of hydrogen-bond acceptors (Lipinski definition) is 7. The van der Waals surface area contributed by atoms with Crippen molar-refractivity contribution in [3.63, 3.8) is 0 Å². The molecule has 1 amide bonds. The van der Waals surface area contributed by atoms with Crippen LogP contribution in [-0.4, -0.2) is 49.6 Å². The third-order valence-corrected chi connectivity index (χ3v) is 4.12. The highest BCUT2D eigenvalue weighted by molar-refractivity contribution is 5.76. The van der Waals surface area contributed by atoms with Gasteiger partial charge in [-0.15, -0.1) is 0 Å². The molecule has 1 aromatic heterocycles. The lowest BCUT2D eigenvalue weighted by Gasteiger charge is -2.17. The van der Waals surface area contributed by atoms with Crippen LogP contribution >= 0.6 is 0 Å². The average molecular weight is 378 g/mol. The maximum absolute atomic E-state index is 12.0. The topological polar surface area (TPSA) is 103 Å². The number of benzene rings is 1. The van der Waals surface area contributed by atoms with Gasteiger partial charge in [0.2, 0.25) is 11.7 Å². The summed E-state index contributed by atoms with van der Waals surface area (Å²) in [6.07, 6.45) is -0.0444. The summed E-state index contributed by atoms with van der Waals surface area (Å²) < 4.78 is 21.2. The molecule has 0 bridgehead atoms. The predicted octanol–water partition coefficient (Wildman–Crippen LogP) is 1.80. The molecule has 0 aliphatic rings. The van der Waals surface area contributed by atoms with E-state index in [4.69, 9.17) is 18.7 Å². The van der Waals surface area contributed by atoms with Crippen molar-refractivity contribution in [1.82, 2.24) is 10.5 Å². The van der Waals surface area contributed by atoms with Gasteiger partial charge in [0.05, 0.1) is 19.9 Å². The zero-order chi connectivity index (χ0) is 19.8. The number of amides is 1. The van der Waals surface area contributed by atoms with E-state index in [1.807, 2.05) is 13.8 Å². The highest BCUT2D eigenvalue weighted by Crippen LogP contribution is 2.36. The summed E-state index contributed by atoms with van der Waals surface area (Å²) in [5.74, 6) is 1.98. The number of carbonyl (C=O) groups excluding carboxylic acids is 1. The molecular weight excluding hydrogens is 352 g/mol. The van der Waals surface area contributed by atoms with Crippen LogP contribution in [0.25, 0.3) is 0 Å². The lowest BCUT2D eigenvalue weighted by atomic mass is 10.1. The molecule has 0 radical (unpaired) electrons. The van der Waals surface area contributed by atoms with Crippen LogP contribution in [-0.2, 0) is 11.2 Å². The van der Waals surface area contributed by atoms with Crippen molar-refractivity contribution in [2.24, 2.45) is 0 Å². The number of methoxy groups -OCH3 is 2. The number of ether oxygens (including phenoxy) is 3. The molecule has 0 aliphatic heterocycles. The van der Waals surface area contributed by atoms with Crippen LogP contribution in [0.3, 0.4) is 0 Å². The molecule has 0 spiro atoms. The van der Waals surface area contributed by atoms with Gasteiger partial charge in [-0.3, -0.25) is 4.79 Å². The number of carbonyl (C=O) groups is 1. The van der Waals surface area contributed by atoms with Crippen molar-refractivity contribution < 1.29 is 28.6 Å². The fourth-order valence-corrected chi connectivity index (χ4v) is 2.62. The van der Waals surface area contributed by atoms with E-state index in [-0.39, 0.29) is 25.5 Å². The third kappa shape index (κ3) is 5.62. The normalized spacial score (nSPS) is 11.7. The molecule has 8 heteroatoms. The number of nitrogens with zero attached hydrogens (tertiary/aromatic N) is 1. The van der Waals surface area contributed by atoms with E-state index >= 15 is 0 Å². The summed E-state index contributed by atoms with van der Waals surface area (Å²) in [6, 6.07) is 5.25. The molecule has 1 aromatic carbocycles. The van der Waals surface area contributed by atoms with Crippen LogP contribution in [0.4, 0.5) is 0 Å². The molecule has 2 aromatic rings. The zero-order valence-corrected chi connectivity index (χ0v) is 16.1. The molecule has 1 atom stereocenters. The Bertz CT molecular complexity index is 717. The number of aromatic nitrogens is 1. The number of aryl methyl sites for hydroxylation is 2. The summed E-state index contributed by atoms with van der Waals surface area (Å²) in [5.41, 5.74) is 1.73. The second kappa shape index (κ2) is 9.82. The fraction of sp³-hybridized carbons (Fsp3) is 0.474. The maximum atomic E-state index is 12.0. The van der Waals surface area contributed by atoms with Gasteiger partial charge in [-0.1, -0.05) is 11.2 Å². The average Bonchev–Trinajstić information content (AvgIpc) is 3.00. The number of rotatable bonds is 10. The van der Waals surface area contributed by atoms with Crippen molar-refractivity contribution in [3.8, 4) is 17.2 Å². The van der Waals surface area contributed by atoms with Crippen molar-refractivity contribution in [3.05, 3.63) is 35.2 Å². The Hall–Kier alpha value is -2.74. The van der Waals surface area contributed by atoms with Gasteiger partial charge in [0.1, 0.15) is 18.5 Å². The first-order chi connectivity index (χ1) is 13.0. The van der Waals surface area contributed by atoms with Crippen LogP contribution in [0.5, 0.6) is 17.2 Å². The van der Waals surface area contributed by atoms with E-state index in [2.05, 4.69) is 10.5 Å². The Kier molecular flexibility index (Phi) is 7.48. The Balaban J connectivity index is 1.78. The Morgan fingerprint density at radius 3 is 2.48 bits per heavy atom. The van der Waals surface area contributed by atoms with Gasteiger partial charge >= 0.3 is 0 Å². The van der Waals surface area contributed by atoms with E-state index < -0.39 is 6.10 Å². The molecule has 0 saturated heterocycles. The molecule has 2 N–H and O–H groups in total. The van der Waals surface area contributed by atoms with Gasteiger partial charge in [-0.2, -0.15) is 0 Å². The summed E-state index contributed by atoms with van der Waals surface area (Å²) >= 11 is 0. The van der Waals surface area contributed by atoms with E-state index in [1.165, 1.54) is 14.2 Å². The van der Waals surface area contributed by atoms with Crippen LogP contribution in [0.1, 0.15) is 23.4 Å². The molecule has 1 unspecified atom stereocenters. The zero-order valence-electron chi connectivity index (χ0n) is 16.1. The number of hydrogen-bond donors (Lipinski definition) is 2. The largest absolute Gasteiger partial charge is 0.493 e. The fourth-order valence-electron chi connectivity index (χ4n) is 2.62. The van der Waals surface area contributed by atoms with E-state index in [0.717, 1.165) is 17.0 Å². The number of para-hydroxylation sites is 1. The van der Waals surface area contributed by atoms with E-state index in [9.17, 15) is 9.90 Å². The van der Waals surface area contributed by atoms with Crippen LogP contribution in [0.2, 0.25) is 0 Å². The summed E-state index contributed by atoms with van der Waals surface area (Å²) in [5, 5.41) is 16.6. The van der Waals surface area contributed by atoms with Crippen molar-refractivity contribution >= 4 is 5.91 Å². The third-order valence-electron chi connectivity index (χ3n) is 4.12. The summed E-state index contributed by atoms with van der Waals surface area (Å²) in [7, 11) is 3.05. The SMILES string of the molecule is COc1cccc(OC)c1OCC(O)CNC(=O)CCc1c(C)noc1C. The number of nitrogens with one attached hydrogen (secondary N) is 1. The monoisotopic (exact) mass is 378 g/mol. The molecule has 8 nitrogen and oxygen atoms in total. The van der Waals surface area contributed by atoms with Gasteiger partial charge in [-0.05, 0) is 32.4 Å². The summed E-state index contributed by atoms with van der Waals surface area (Å²) in [6.45, 7) is 3.73. The summed E-state index contributed by atoms with van der Waals surface area (Å²) in [4.78, 5) is 12.0. The first kappa shape index (κ1) is 20.6. The first-order valence-electron chi connectivity index (χ1n) is 8.66. The Morgan fingerprint density at radius 1 is 1.26 bits per heavy atom. The lowest BCUT2D eigenvalue weighted by molar-refractivity contribution is -0.121. The quantitative estimate of drug-likeness (QED) is 0.650. The number of aliphatic hydroxyl groups excluding tert-OH is 1. The van der Waals surface area contributed by atoms with Crippen LogP contribution in [0.15, 0.2) is 22.7 Å². The predicted molar refractivity (Wildman–Crippen MR) is 98.4 cm³/mol. The van der Waals surface area contributed by atoms with Gasteiger partial charge in [0.15, 0.2) is 11.5 Å². The molecule has 2 rings (SSSR count). The molecule has 0 aliphatic carbocycles. The van der Waals surface area contributed by atoms with Gasteiger partial charge in [0, 0.05) is 18.5 Å². The molecule has 1 heterocycles. The van der Waals surface area contributed by atoms with Crippen molar-refractivity contribution in [2.75, 3.05) is 27.4 Å². The number of aliphatic hydroxyl groups is 1. The molecule has 148 valence electrons. The molecule has 0 saturated carbocycles. The van der Waals surface area contributed by atoms with Gasteiger partial charge in [0.25, 0.3) is 0 Å². The maximum Gasteiger partial charge on any atom is 0.220 e. The first-order valence-corrected chi connectivity index (χ1v) is 8.66. The Labute approximate surface area is 158 Å². The van der Waals surface area contributed by atoms with E-state index in [1.54, 1.807) is 18.2 Å². The van der Waals surface area contributed by atoms with Crippen LogP contribution in [0, 0.1) is 13.8 Å². The molecule has 0 fully saturated rings. The van der Waals surface area contributed by atoms with Crippen molar-refractivity contribution in [1.29, 1.82) is 0 Å². The minimum absolute atomic E-state index is 0.0130. The Morgan fingerprint density at radius 2 is 1.93 bits per heavy atom. The second-order valence-corrected chi connectivity index (χ2v) is 6.06. The van der Waals surface area contributed by atoms with Gasteiger partial charge in [-0.25, -0.2) is 0 Å².